The molecule has 0 radical (unpaired) electrons. The number of ether oxygens (including phenoxy) is 2. The van der Waals surface area contributed by atoms with Gasteiger partial charge in [-0.3, -0.25) is 4.79 Å². The van der Waals surface area contributed by atoms with Crippen LogP contribution in [0.2, 0.25) is 0 Å². The third-order valence-corrected chi connectivity index (χ3v) is 7.13. The van der Waals surface area contributed by atoms with E-state index in [-0.39, 0.29) is 29.6 Å². The highest BCUT2D eigenvalue weighted by atomic mass is 32.2. The minimum absolute atomic E-state index is 0.0321. The van der Waals surface area contributed by atoms with E-state index < -0.39 is 10.0 Å². The summed E-state index contributed by atoms with van der Waals surface area (Å²) in [4.78, 5) is 16.3. The zero-order valence-electron chi connectivity index (χ0n) is 17.5. The molecule has 2 aromatic carbocycles. The highest BCUT2D eigenvalue weighted by Crippen LogP contribution is 2.31. The molecule has 2 N–H and O–H groups in total. The van der Waals surface area contributed by atoms with E-state index in [0.717, 1.165) is 16.6 Å². The summed E-state index contributed by atoms with van der Waals surface area (Å²) >= 11 is 0. The number of anilines is 1. The molecular formula is C22H25N3O5S. The SMILES string of the molecule is CCOc1ccc(NC(=O)c2c(C)[nH]c3ccccc23)cc1S(=O)(=O)N1CCOCC1. The average Bonchev–Trinajstić information content (AvgIpc) is 3.11. The molecule has 4 rings (SSSR count). The van der Waals surface area contributed by atoms with E-state index in [1.807, 2.05) is 31.2 Å². The largest absolute Gasteiger partial charge is 0.492 e. The molecule has 1 amide bonds. The lowest BCUT2D eigenvalue weighted by Crippen LogP contribution is -2.40. The number of aryl methyl sites for hydroxylation is 1. The summed E-state index contributed by atoms with van der Waals surface area (Å²) in [6, 6.07) is 12.2. The maximum Gasteiger partial charge on any atom is 0.258 e. The Bertz CT molecular complexity index is 1210. The minimum Gasteiger partial charge on any atom is -0.492 e. The van der Waals surface area contributed by atoms with E-state index in [1.165, 1.54) is 10.4 Å². The first-order valence-electron chi connectivity index (χ1n) is 10.1. The fourth-order valence-corrected chi connectivity index (χ4v) is 5.32. The lowest BCUT2D eigenvalue weighted by Gasteiger charge is -2.27. The Morgan fingerprint density at radius 1 is 1.19 bits per heavy atom. The van der Waals surface area contributed by atoms with Crippen LogP contribution in [0, 0.1) is 6.92 Å². The number of amides is 1. The summed E-state index contributed by atoms with van der Waals surface area (Å²) in [5.74, 6) is -0.0518. The van der Waals surface area contributed by atoms with E-state index in [4.69, 9.17) is 9.47 Å². The van der Waals surface area contributed by atoms with Crippen LogP contribution in [0.3, 0.4) is 0 Å². The van der Waals surface area contributed by atoms with Gasteiger partial charge in [0.25, 0.3) is 5.91 Å². The molecule has 2 heterocycles. The molecule has 0 unspecified atom stereocenters. The van der Waals surface area contributed by atoms with Gasteiger partial charge in [-0.05, 0) is 38.1 Å². The van der Waals surface area contributed by atoms with Crippen molar-refractivity contribution in [3.8, 4) is 5.75 Å². The molecule has 0 aliphatic carbocycles. The van der Waals surface area contributed by atoms with Crippen LogP contribution < -0.4 is 10.1 Å². The Hall–Kier alpha value is -2.88. The quantitative estimate of drug-likeness (QED) is 0.610. The van der Waals surface area contributed by atoms with Gasteiger partial charge in [0.15, 0.2) is 0 Å². The van der Waals surface area contributed by atoms with Crippen molar-refractivity contribution < 1.29 is 22.7 Å². The number of H-pyrrole nitrogens is 1. The van der Waals surface area contributed by atoms with E-state index in [2.05, 4.69) is 10.3 Å². The molecule has 9 heteroatoms. The molecule has 1 aliphatic rings. The first-order valence-corrected chi connectivity index (χ1v) is 11.6. The second-order valence-electron chi connectivity index (χ2n) is 7.24. The molecule has 31 heavy (non-hydrogen) atoms. The van der Waals surface area contributed by atoms with Crippen molar-refractivity contribution in [1.29, 1.82) is 0 Å². The van der Waals surface area contributed by atoms with Gasteiger partial charge in [-0.25, -0.2) is 8.42 Å². The van der Waals surface area contributed by atoms with Gasteiger partial charge in [0.1, 0.15) is 10.6 Å². The molecule has 1 fully saturated rings. The first-order chi connectivity index (χ1) is 14.9. The van der Waals surface area contributed by atoms with Crippen LogP contribution in [0.5, 0.6) is 5.75 Å². The third kappa shape index (κ3) is 4.16. The van der Waals surface area contributed by atoms with Crippen LogP contribution >= 0.6 is 0 Å². The monoisotopic (exact) mass is 443 g/mol. The van der Waals surface area contributed by atoms with Crippen molar-refractivity contribution in [1.82, 2.24) is 9.29 Å². The van der Waals surface area contributed by atoms with Crippen LogP contribution in [0.4, 0.5) is 5.69 Å². The summed E-state index contributed by atoms with van der Waals surface area (Å²) < 4.78 is 38.7. The maximum atomic E-state index is 13.3. The zero-order chi connectivity index (χ0) is 22.0. The van der Waals surface area contributed by atoms with E-state index in [0.29, 0.717) is 31.1 Å². The number of hydrogen-bond donors (Lipinski definition) is 2. The number of morpholine rings is 1. The second-order valence-corrected chi connectivity index (χ2v) is 9.14. The number of benzene rings is 2. The molecule has 3 aromatic rings. The van der Waals surface area contributed by atoms with Crippen molar-refractivity contribution in [2.24, 2.45) is 0 Å². The highest BCUT2D eigenvalue weighted by Gasteiger charge is 2.30. The number of para-hydroxylation sites is 1. The molecule has 1 saturated heterocycles. The van der Waals surface area contributed by atoms with Gasteiger partial charge in [0.05, 0.1) is 25.4 Å². The number of carbonyl (C=O) groups is 1. The van der Waals surface area contributed by atoms with Crippen LogP contribution in [0.25, 0.3) is 10.9 Å². The molecule has 164 valence electrons. The van der Waals surface area contributed by atoms with Crippen molar-refractivity contribution in [2.75, 3.05) is 38.2 Å². The van der Waals surface area contributed by atoms with Gasteiger partial charge in [0.2, 0.25) is 10.0 Å². The second kappa shape index (κ2) is 8.70. The summed E-state index contributed by atoms with van der Waals surface area (Å²) in [5.41, 5.74) is 2.52. The fraction of sp³-hybridized carbons (Fsp3) is 0.318. The number of carbonyl (C=O) groups excluding carboxylic acids is 1. The number of aromatic nitrogens is 1. The topological polar surface area (TPSA) is 101 Å². The third-order valence-electron chi connectivity index (χ3n) is 5.21. The molecule has 0 bridgehead atoms. The van der Waals surface area contributed by atoms with Gasteiger partial charge in [-0.1, -0.05) is 18.2 Å². The molecule has 0 atom stereocenters. The van der Waals surface area contributed by atoms with Crippen LogP contribution in [0.1, 0.15) is 23.0 Å². The Kier molecular flexibility index (Phi) is 5.99. The minimum atomic E-state index is -3.80. The van der Waals surface area contributed by atoms with E-state index >= 15 is 0 Å². The Morgan fingerprint density at radius 3 is 2.68 bits per heavy atom. The summed E-state index contributed by atoms with van der Waals surface area (Å²) in [6.07, 6.45) is 0. The number of nitrogens with one attached hydrogen (secondary N) is 2. The number of hydrogen-bond acceptors (Lipinski definition) is 5. The average molecular weight is 444 g/mol. The molecule has 1 aliphatic heterocycles. The van der Waals surface area contributed by atoms with E-state index in [9.17, 15) is 13.2 Å². The van der Waals surface area contributed by atoms with Crippen molar-refractivity contribution in [2.45, 2.75) is 18.7 Å². The van der Waals surface area contributed by atoms with Crippen molar-refractivity contribution >= 4 is 32.5 Å². The van der Waals surface area contributed by atoms with E-state index in [1.54, 1.807) is 19.1 Å². The van der Waals surface area contributed by atoms with Gasteiger partial charge >= 0.3 is 0 Å². The standard InChI is InChI=1S/C22H25N3O5S/c1-3-30-19-9-8-16(14-20(19)31(27,28)25-10-12-29-13-11-25)24-22(26)21-15(2)23-18-7-5-4-6-17(18)21/h4-9,14,23H,3,10-13H2,1-2H3,(H,24,26). The number of rotatable bonds is 6. The predicted molar refractivity (Wildman–Crippen MR) is 118 cm³/mol. The van der Waals surface area contributed by atoms with Gasteiger partial charge in [-0.15, -0.1) is 0 Å². The zero-order valence-corrected chi connectivity index (χ0v) is 18.3. The summed E-state index contributed by atoms with van der Waals surface area (Å²) in [6.45, 7) is 5.20. The number of sulfonamides is 1. The van der Waals surface area contributed by atoms with Gasteiger partial charge < -0.3 is 19.8 Å². The summed E-state index contributed by atoms with van der Waals surface area (Å²) in [5, 5.41) is 3.65. The number of fused-ring (bicyclic) bond motifs is 1. The number of nitrogens with zero attached hydrogens (tertiary/aromatic N) is 1. The molecular weight excluding hydrogens is 418 g/mol. The van der Waals surface area contributed by atoms with Crippen LogP contribution in [0.15, 0.2) is 47.4 Å². The Balaban J connectivity index is 1.68. The van der Waals surface area contributed by atoms with Gasteiger partial charge in [-0.2, -0.15) is 4.31 Å². The Morgan fingerprint density at radius 2 is 1.94 bits per heavy atom. The Labute approximate surface area is 181 Å². The molecule has 8 nitrogen and oxygen atoms in total. The van der Waals surface area contributed by atoms with Crippen LogP contribution in [-0.2, 0) is 14.8 Å². The van der Waals surface area contributed by atoms with Gasteiger partial charge in [0, 0.05) is 35.4 Å². The first kappa shape index (κ1) is 21.4. The molecule has 1 aromatic heterocycles. The summed E-state index contributed by atoms with van der Waals surface area (Å²) in [7, 11) is -3.80. The normalized spacial score (nSPS) is 15.2. The lowest BCUT2D eigenvalue weighted by atomic mass is 10.1. The fourth-order valence-electron chi connectivity index (χ4n) is 3.75. The highest BCUT2D eigenvalue weighted by molar-refractivity contribution is 7.89. The smallest absolute Gasteiger partial charge is 0.258 e. The molecule has 0 saturated carbocycles. The maximum absolute atomic E-state index is 13.3. The van der Waals surface area contributed by atoms with Crippen molar-refractivity contribution in [3.63, 3.8) is 0 Å². The van der Waals surface area contributed by atoms with Crippen LogP contribution in [-0.4, -0.2) is 56.5 Å². The van der Waals surface area contributed by atoms with Crippen molar-refractivity contribution in [3.05, 3.63) is 53.7 Å². The predicted octanol–water partition coefficient (Wildman–Crippen LogP) is 3.15. The lowest BCUT2D eigenvalue weighted by molar-refractivity contribution is 0.0729. The molecule has 0 spiro atoms. The number of aromatic amines is 1.